The molecule has 2 aliphatic rings. The predicted octanol–water partition coefficient (Wildman–Crippen LogP) is 2.10. The van der Waals surface area contributed by atoms with Gasteiger partial charge in [0.25, 0.3) is 5.91 Å². The van der Waals surface area contributed by atoms with Crippen molar-refractivity contribution < 1.29 is 9.53 Å². The van der Waals surface area contributed by atoms with Crippen LogP contribution in [0.4, 0.5) is 5.69 Å². The second-order valence-electron chi connectivity index (χ2n) is 6.15. The van der Waals surface area contributed by atoms with Crippen LogP contribution in [0.3, 0.4) is 0 Å². The summed E-state index contributed by atoms with van der Waals surface area (Å²) in [6.45, 7) is 3.98. The molecule has 2 aromatic rings. The Bertz CT molecular complexity index is 785. The summed E-state index contributed by atoms with van der Waals surface area (Å²) in [5.74, 6) is 0.825. The van der Waals surface area contributed by atoms with Crippen molar-refractivity contribution in [3.63, 3.8) is 0 Å². The SMILES string of the molecule is O=C1c2ncccc2N=C(N2CCOCC2)CN1Cc1ccccc1. The third-order valence-electron chi connectivity index (χ3n) is 4.45. The first kappa shape index (κ1) is 15.8. The number of amidine groups is 1. The zero-order valence-corrected chi connectivity index (χ0v) is 14.0. The number of hydrogen-bond acceptors (Lipinski definition) is 5. The molecule has 0 N–H and O–H groups in total. The molecule has 1 aromatic carbocycles. The number of fused-ring (bicyclic) bond motifs is 1. The normalized spacial score (nSPS) is 17.8. The summed E-state index contributed by atoms with van der Waals surface area (Å²) >= 11 is 0. The average molecular weight is 336 g/mol. The van der Waals surface area contributed by atoms with Gasteiger partial charge in [0.1, 0.15) is 5.84 Å². The number of rotatable bonds is 2. The Morgan fingerprint density at radius 3 is 2.64 bits per heavy atom. The van der Waals surface area contributed by atoms with Crippen LogP contribution in [0.1, 0.15) is 16.1 Å². The van der Waals surface area contributed by atoms with Crippen molar-refractivity contribution in [2.24, 2.45) is 4.99 Å². The number of aliphatic imine (C=N–C) groups is 1. The lowest BCUT2D eigenvalue weighted by atomic mass is 10.2. The first-order chi connectivity index (χ1) is 12.3. The second kappa shape index (κ2) is 7.03. The summed E-state index contributed by atoms with van der Waals surface area (Å²) in [5, 5.41) is 0. The van der Waals surface area contributed by atoms with E-state index in [2.05, 4.69) is 9.88 Å². The summed E-state index contributed by atoms with van der Waals surface area (Å²) in [6.07, 6.45) is 1.65. The number of pyridine rings is 1. The summed E-state index contributed by atoms with van der Waals surface area (Å²) in [4.78, 5) is 26.1. The fraction of sp³-hybridized carbons (Fsp3) is 0.316. The molecule has 0 saturated carbocycles. The molecule has 0 aliphatic carbocycles. The van der Waals surface area contributed by atoms with E-state index in [0.717, 1.165) is 24.5 Å². The lowest BCUT2D eigenvalue weighted by molar-refractivity contribution is 0.0643. The Kier molecular flexibility index (Phi) is 4.43. The van der Waals surface area contributed by atoms with Gasteiger partial charge in [-0.05, 0) is 17.7 Å². The number of ether oxygens (including phenoxy) is 1. The predicted molar refractivity (Wildman–Crippen MR) is 94.9 cm³/mol. The van der Waals surface area contributed by atoms with Crippen molar-refractivity contribution in [3.05, 3.63) is 59.9 Å². The molecule has 2 aliphatic heterocycles. The van der Waals surface area contributed by atoms with Gasteiger partial charge in [0, 0.05) is 25.8 Å². The molecule has 3 heterocycles. The van der Waals surface area contributed by atoms with Crippen LogP contribution in [0.15, 0.2) is 53.7 Å². The van der Waals surface area contributed by atoms with Gasteiger partial charge in [-0.1, -0.05) is 30.3 Å². The molecule has 1 aromatic heterocycles. The largest absolute Gasteiger partial charge is 0.378 e. The molecule has 6 heteroatoms. The quantitative estimate of drug-likeness (QED) is 0.843. The highest BCUT2D eigenvalue weighted by Gasteiger charge is 2.28. The number of hydrogen-bond donors (Lipinski definition) is 0. The molecular formula is C19H20N4O2. The molecule has 128 valence electrons. The topological polar surface area (TPSA) is 58.0 Å². The molecule has 1 amide bonds. The highest BCUT2D eigenvalue weighted by Crippen LogP contribution is 2.24. The van der Waals surface area contributed by atoms with Crippen LogP contribution in [-0.2, 0) is 11.3 Å². The van der Waals surface area contributed by atoms with E-state index in [4.69, 9.17) is 9.73 Å². The third-order valence-corrected chi connectivity index (χ3v) is 4.45. The minimum absolute atomic E-state index is 0.0773. The van der Waals surface area contributed by atoms with Gasteiger partial charge >= 0.3 is 0 Å². The van der Waals surface area contributed by atoms with Crippen LogP contribution < -0.4 is 0 Å². The molecule has 1 fully saturated rings. The smallest absolute Gasteiger partial charge is 0.275 e. The van der Waals surface area contributed by atoms with Crippen molar-refractivity contribution in [2.75, 3.05) is 32.8 Å². The Morgan fingerprint density at radius 2 is 1.84 bits per heavy atom. The Morgan fingerprint density at radius 1 is 1.04 bits per heavy atom. The maximum absolute atomic E-state index is 13.0. The van der Waals surface area contributed by atoms with E-state index in [-0.39, 0.29) is 5.91 Å². The molecular weight excluding hydrogens is 316 g/mol. The van der Waals surface area contributed by atoms with Crippen LogP contribution in [0.25, 0.3) is 0 Å². The van der Waals surface area contributed by atoms with Gasteiger partial charge < -0.3 is 14.5 Å². The van der Waals surface area contributed by atoms with Gasteiger partial charge in [0.15, 0.2) is 5.69 Å². The van der Waals surface area contributed by atoms with E-state index in [0.29, 0.717) is 37.7 Å². The van der Waals surface area contributed by atoms with E-state index < -0.39 is 0 Å². The maximum Gasteiger partial charge on any atom is 0.275 e. The van der Waals surface area contributed by atoms with E-state index in [1.807, 2.05) is 47.4 Å². The fourth-order valence-electron chi connectivity index (χ4n) is 3.14. The molecule has 0 spiro atoms. The maximum atomic E-state index is 13.0. The van der Waals surface area contributed by atoms with Crippen LogP contribution in [0.2, 0.25) is 0 Å². The molecule has 1 saturated heterocycles. The van der Waals surface area contributed by atoms with Crippen LogP contribution in [0, 0.1) is 0 Å². The summed E-state index contributed by atoms with van der Waals surface area (Å²) in [7, 11) is 0. The standard InChI is InChI=1S/C19H20N4O2/c24-19-18-16(7-4-8-20-18)21-17(22-9-11-25-12-10-22)14-23(19)13-15-5-2-1-3-6-15/h1-8H,9-14H2. The van der Waals surface area contributed by atoms with Crippen molar-refractivity contribution in [3.8, 4) is 0 Å². The highest BCUT2D eigenvalue weighted by atomic mass is 16.5. The van der Waals surface area contributed by atoms with Gasteiger partial charge in [-0.2, -0.15) is 0 Å². The average Bonchev–Trinajstić information content (AvgIpc) is 2.81. The Labute approximate surface area is 146 Å². The molecule has 0 radical (unpaired) electrons. The van der Waals surface area contributed by atoms with E-state index in [9.17, 15) is 4.79 Å². The van der Waals surface area contributed by atoms with Gasteiger partial charge in [0.05, 0.1) is 25.4 Å². The Balaban J connectivity index is 1.68. The van der Waals surface area contributed by atoms with Crippen molar-refractivity contribution in [2.45, 2.75) is 6.54 Å². The number of amides is 1. The molecule has 0 bridgehead atoms. The van der Waals surface area contributed by atoms with Gasteiger partial charge in [-0.3, -0.25) is 4.79 Å². The number of nitrogens with zero attached hydrogens (tertiary/aromatic N) is 4. The van der Waals surface area contributed by atoms with Gasteiger partial charge in [-0.25, -0.2) is 9.98 Å². The monoisotopic (exact) mass is 336 g/mol. The van der Waals surface area contributed by atoms with Crippen LogP contribution in [0.5, 0.6) is 0 Å². The van der Waals surface area contributed by atoms with Gasteiger partial charge in [0.2, 0.25) is 0 Å². The van der Waals surface area contributed by atoms with Crippen molar-refractivity contribution in [1.29, 1.82) is 0 Å². The van der Waals surface area contributed by atoms with Crippen molar-refractivity contribution >= 4 is 17.4 Å². The number of carbonyl (C=O) groups is 1. The minimum Gasteiger partial charge on any atom is -0.378 e. The zero-order chi connectivity index (χ0) is 17.1. The van der Waals surface area contributed by atoms with E-state index in [1.165, 1.54) is 0 Å². The third kappa shape index (κ3) is 3.39. The molecule has 0 unspecified atom stereocenters. The lowest BCUT2D eigenvalue weighted by Gasteiger charge is -2.31. The second-order valence-corrected chi connectivity index (χ2v) is 6.15. The first-order valence-corrected chi connectivity index (χ1v) is 8.50. The highest BCUT2D eigenvalue weighted by molar-refractivity contribution is 6.03. The summed E-state index contributed by atoms with van der Waals surface area (Å²) in [5.41, 5.74) is 2.16. The number of aromatic nitrogens is 1. The van der Waals surface area contributed by atoms with E-state index >= 15 is 0 Å². The van der Waals surface area contributed by atoms with Crippen LogP contribution >= 0.6 is 0 Å². The van der Waals surface area contributed by atoms with Crippen molar-refractivity contribution in [1.82, 2.24) is 14.8 Å². The van der Waals surface area contributed by atoms with E-state index in [1.54, 1.807) is 6.20 Å². The molecule has 6 nitrogen and oxygen atoms in total. The molecule has 0 atom stereocenters. The van der Waals surface area contributed by atoms with Crippen LogP contribution in [-0.4, -0.2) is 59.4 Å². The fourth-order valence-corrected chi connectivity index (χ4v) is 3.14. The molecule has 4 rings (SSSR count). The Hall–Kier alpha value is -2.73. The molecule has 25 heavy (non-hydrogen) atoms. The number of morpholine rings is 1. The van der Waals surface area contributed by atoms with Gasteiger partial charge in [-0.15, -0.1) is 0 Å². The summed E-state index contributed by atoms with van der Waals surface area (Å²) in [6, 6.07) is 13.7. The lowest BCUT2D eigenvalue weighted by Crippen LogP contribution is -2.46. The number of carbonyl (C=O) groups excluding carboxylic acids is 1. The minimum atomic E-state index is -0.0773. The zero-order valence-electron chi connectivity index (χ0n) is 14.0. The number of benzene rings is 1. The summed E-state index contributed by atoms with van der Waals surface area (Å²) < 4.78 is 5.45. The first-order valence-electron chi connectivity index (χ1n) is 8.50.